The highest BCUT2D eigenvalue weighted by molar-refractivity contribution is 9.10. The summed E-state index contributed by atoms with van der Waals surface area (Å²) < 4.78 is 5.99. The van der Waals surface area contributed by atoms with E-state index >= 15 is 0 Å². The van der Waals surface area contributed by atoms with Gasteiger partial charge in [-0.2, -0.15) is 0 Å². The number of rotatable bonds is 4. The average Bonchev–Trinajstić information content (AvgIpc) is 2.95. The Bertz CT molecular complexity index is 925. The van der Waals surface area contributed by atoms with Crippen LogP contribution in [-0.4, -0.2) is 18.0 Å². The van der Waals surface area contributed by atoms with Gasteiger partial charge in [0.1, 0.15) is 5.75 Å². The van der Waals surface area contributed by atoms with Crippen molar-refractivity contribution in [3.8, 4) is 17.0 Å². The Morgan fingerprint density at radius 3 is 2.60 bits per heavy atom. The van der Waals surface area contributed by atoms with Gasteiger partial charge in [-0.15, -0.1) is 11.3 Å². The summed E-state index contributed by atoms with van der Waals surface area (Å²) in [5, 5.41) is 3.74. The highest BCUT2D eigenvalue weighted by Gasteiger charge is 2.15. The van der Waals surface area contributed by atoms with Crippen LogP contribution < -0.4 is 10.1 Å². The van der Waals surface area contributed by atoms with Gasteiger partial charge >= 0.3 is 0 Å². The number of carbonyl (C=O) groups is 1. The molecule has 1 aromatic heterocycles. The van der Waals surface area contributed by atoms with E-state index in [1.54, 1.807) is 25.3 Å². The number of carbonyl (C=O) groups excluding carboxylic acids is 1. The van der Waals surface area contributed by atoms with Crippen LogP contribution >= 0.6 is 38.9 Å². The van der Waals surface area contributed by atoms with Crippen molar-refractivity contribution in [3.05, 3.63) is 62.4 Å². The zero-order valence-corrected chi connectivity index (χ0v) is 16.6. The lowest BCUT2D eigenvalue weighted by Crippen LogP contribution is -2.12. The number of amides is 1. The Morgan fingerprint density at radius 2 is 1.96 bits per heavy atom. The van der Waals surface area contributed by atoms with Crippen molar-refractivity contribution in [1.82, 2.24) is 4.98 Å². The summed E-state index contributed by atoms with van der Waals surface area (Å²) in [4.78, 5) is 18.0. The van der Waals surface area contributed by atoms with Crippen molar-refractivity contribution in [1.29, 1.82) is 0 Å². The average molecular weight is 438 g/mol. The predicted octanol–water partition coefficient (Wildman–Crippen LogP) is 5.80. The first kappa shape index (κ1) is 17.9. The molecule has 1 heterocycles. The van der Waals surface area contributed by atoms with E-state index in [0.29, 0.717) is 15.7 Å². The van der Waals surface area contributed by atoms with Crippen LogP contribution in [0.5, 0.6) is 5.75 Å². The Morgan fingerprint density at radius 1 is 1.24 bits per heavy atom. The molecule has 25 heavy (non-hydrogen) atoms. The molecular formula is C18H14BrClN2O2S. The molecule has 0 bridgehead atoms. The number of methoxy groups -OCH3 is 1. The number of nitrogens with one attached hydrogen (secondary N) is 1. The minimum atomic E-state index is -0.285. The molecule has 0 saturated carbocycles. The summed E-state index contributed by atoms with van der Waals surface area (Å²) in [5.74, 6) is 0.502. The van der Waals surface area contributed by atoms with E-state index < -0.39 is 0 Å². The lowest BCUT2D eigenvalue weighted by Gasteiger charge is -2.04. The van der Waals surface area contributed by atoms with Gasteiger partial charge in [-0.3, -0.25) is 10.1 Å². The SMILES string of the molecule is COc1ccc(-c2nc(NC(=O)c3ccc(Br)cc3Cl)sc2C)cc1. The standard InChI is InChI=1S/C18H14BrClN2O2S/c1-10-16(11-3-6-13(24-2)7-4-11)21-18(25-10)22-17(23)14-8-5-12(19)9-15(14)20/h3-9H,1-2H3,(H,21,22,23). The first-order valence-corrected chi connectivity index (χ1v) is 9.35. The number of anilines is 1. The molecule has 4 nitrogen and oxygen atoms in total. The third-order valence-corrected chi connectivity index (χ3v) is 5.25. The molecule has 0 unspecified atom stereocenters. The topological polar surface area (TPSA) is 51.2 Å². The Labute approximate surface area is 162 Å². The van der Waals surface area contributed by atoms with E-state index in [0.717, 1.165) is 26.4 Å². The predicted molar refractivity (Wildman–Crippen MR) is 106 cm³/mol. The van der Waals surface area contributed by atoms with E-state index in [2.05, 4.69) is 26.2 Å². The number of aromatic nitrogens is 1. The minimum Gasteiger partial charge on any atom is -0.497 e. The fraction of sp³-hybridized carbons (Fsp3) is 0.111. The van der Waals surface area contributed by atoms with Crippen LogP contribution in [0.25, 0.3) is 11.3 Å². The molecule has 3 rings (SSSR count). The zero-order chi connectivity index (χ0) is 18.0. The fourth-order valence-electron chi connectivity index (χ4n) is 2.30. The molecule has 2 aromatic carbocycles. The fourth-order valence-corrected chi connectivity index (χ4v) is 3.89. The van der Waals surface area contributed by atoms with Crippen LogP contribution in [0.15, 0.2) is 46.9 Å². The third-order valence-electron chi connectivity index (χ3n) is 3.56. The van der Waals surface area contributed by atoms with Crippen LogP contribution in [0, 0.1) is 6.92 Å². The maximum absolute atomic E-state index is 12.4. The van der Waals surface area contributed by atoms with E-state index in [4.69, 9.17) is 16.3 Å². The first-order chi connectivity index (χ1) is 12.0. The highest BCUT2D eigenvalue weighted by Crippen LogP contribution is 2.32. The number of hydrogen-bond acceptors (Lipinski definition) is 4. The number of halogens is 2. The molecule has 0 saturated heterocycles. The van der Waals surface area contributed by atoms with Gasteiger partial charge in [-0.25, -0.2) is 4.98 Å². The second kappa shape index (κ2) is 7.56. The Kier molecular flexibility index (Phi) is 5.42. The van der Waals surface area contributed by atoms with Crippen molar-refractivity contribution in [2.24, 2.45) is 0 Å². The summed E-state index contributed by atoms with van der Waals surface area (Å²) in [6, 6.07) is 12.8. The molecule has 0 atom stereocenters. The maximum Gasteiger partial charge on any atom is 0.258 e. The molecular weight excluding hydrogens is 424 g/mol. The molecule has 0 aliphatic rings. The monoisotopic (exact) mass is 436 g/mol. The molecule has 0 spiro atoms. The molecule has 1 N–H and O–H groups in total. The van der Waals surface area contributed by atoms with E-state index in [1.807, 2.05) is 31.2 Å². The van der Waals surface area contributed by atoms with Crippen LogP contribution in [0.3, 0.4) is 0 Å². The maximum atomic E-state index is 12.4. The second-order valence-corrected chi connectivity index (χ2v) is 7.76. The van der Waals surface area contributed by atoms with E-state index in [1.165, 1.54) is 11.3 Å². The Balaban J connectivity index is 1.83. The smallest absolute Gasteiger partial charge is 0.258 e. The van der Waals surface area contributed by atoms with Crippen LogP contribution in [-0.2, 0) is 0 Å². The van der Waals surface area contributed by atoms with Gasteiger partial charge in [0, 0.05) is 14.9 Å². The van der Waals surface area contributed by atoms with Gasteiger partial charge in [0.15, 0.2) is 5.13 Å². The van der Waals surface area contributed by atoms with E-state index in [-0.39, 0.29) is 5.91 Å². The van der Waals surface area contributed by atoms with Gasteiger partial charge in [0.25, 0.3) is 5.91 Å². The molecule has 1 amide bonds. The first-order valence-electron chi connectivity index (χ1n) is 7.36. The summed E-state index contributed by atoms with van der Waals surface area (Å²) in [7, 11) is 1.63. The number of aryl methyl sites for hydroxylation is 1. The van der Waals surface area contributed by atoms with Crippen LogP contribution in [0.1, 0.15) is 15.2 Å². The summed E-state index contributed by atoms with van der Waals surface area (Å²) in [5.41, 5.74) is 2.21. The lowest BCUT2D eigenvalue weighted by molar-refractivity contribution is 0.102. The molecule has 0 aliphatic heterocycles. The molecule has 0 aliphatic carbocycles. The zero-order valence-electron chi connectivity index (χ0n) is 13.5. The minimum absolute atomic E-state index is 0.285. The van der Waals surface area contributed by atoms with Gasteiger partial charge < -0.3 is 4.74 Å². The Hall–Kier alpha value is -1.89. The van der Waals surface area contributed by atoms with Crippen molar-refractivity contribution >= 4 is 49.9 Å². The van der Waals surface area contributed by atoms with Crippen LogP contribution in [0.4, 0.5) is 5.13 Å². The lowest BCUT2D eigenvalue weighted by atomic mass is 10.1. The molecule has 128 valence electrons. The quantitative estimate of drug-likeness (QED) is 0.561. The molecule has 0 radical (unpaired) electrons. The largest absolute Gasteiger partial charge is 0.497 e. The normalized spacial score (nSPS) is 10.6. The molecule has 0 fully saturated rings. The number of ether oxygens (including phenoxy) is 1. The third kappa shape index (κ3) is 4.03. The summed E-state index contributed by atoms with van der Waals surface area (Å²) >= 11 is 10.9. The summed E-state index contributed by atoms with van der Waals surface area (Å²) in [6.45, 7) is 1.97. The summed E-state index contributed by atoms with van der Waals surface area (Å²) in [6.07, 6.45) is 0. The number of nitrogens with zero attached hydrogens (tertiary/aromatic N) is 1. The molecule has 3 aromatic rings. The van der Waals surface area contributed by atoms with Crippen molar-refractivity contribution in [2.75, 3.05) is 12.4 Å². The van der Waals surface area contributed by atoms with Gasteiger partial charge in [-0.05, 0) is 49.4 Å². The van der Waals surface area contributed by atoms with Crippen molar-refractivity contribution < 1.29 is 9.53 Å². The van der Waals surface area contributed by atoms with Gasteiger partial charge in [0.05, 0.1) is 23.4 Å². The number of thiazole rings is 1. The van der Waals surface area contributed by atoms with Gasteiger partial charge in [-0.1, -0.05) is 27.5 Å². The van der Waals surface area contributed by atoms with E-state index in [9.17, 15) is 4.79 Å². The van der Waals surface area contributed by atoms with Gasteiger partial charge in [0.2, 0.25) is 0 Å². The van der Waals surface area contributed by atoms with Crippen molar-refractivity contribution in [3.63, 3.8) is 0 Å². The number of benzene rings is 2. The molecule has 7 heteroatoms. The second-order valence-electron chi connectivity index (χ2n) is 5.23. The van der Waals surface area contributed by atoms with Crippen molar-refractivity contribution in [2.45, 2.75) is 6.92 Å². The number of hydrogen-bond donors (Lipinski definition) is 1. The van der Waals surface area contributed by atoms with Crippen LogP contribution in [0.2, 0.25) is 5.02 Å². The highest BCUT2D eigenvalue weighted by atomic mass is 79.9.